The first-order valence-corrected chi connectivity index (χ1v) is 13.8. The summed E-state index contributed by atoms with van der Waals surface area (Å²) in [4.78, 5) is 17.6. The summed E-state index contributed by atoms with van der Waals surface area (Å²) in [7, 11) is -6.49. The van der Waals surface area contributed by atoms with Crippen LogP contribution in [-0.2, 0) is 20.0 Å². The molecule has 1 aromatic heterocycles. The minimum Gasteiger partial charge on any atom is -0.287 e. The number of aromatic nitrogens is 1. The minimum atomic E-state index is -4.13. The Morgan fingerprint density at radius 2 is 1.68 bits per heavy atom. The second-order valence-corrected chi connectivity index (χ2v) is 12.1. The Morgan fingerprint density at radius 3 is 2.29 bits per heavy atom. The van der Waals surface area contributed by atoms with Crippen LogP contribution in [0.15, 0.2) is 53.6 Å². The van der Waals surface area contributed by atoms with E-state index in [0.29, 0.717) is 16.1 Å². The molecule has 0 fully saturated rings. The maximum absolute atomic E-state index is 13.6. The van der Waals surface area contributed by atoms with Gasteiger partial charge in [-0.3, -0.25) is 13.8 Å². The molecule has 34 heavy (non-hydrogen) atoms. The average molecular weight is 542 g/mol. The number of rotatable bonds is 7. The van der Waals surface area contributed by atoms with Crippen LogP contribution in [-0.4, -0.2) is 40.9 Å². The highest BCUT2D eigenvalue weighted by atomic mass is 35.5. The third kappa shape index (κ3) is 5.35. The number of pyridine rings is 1. The molecule has 0 aliphatic carbocycles. The molecule has 8 nitrogen and oxygen atoms in total. The second kappa shape index (κ2) is 9.53. The Labute approximate surface area is 208 Å². The van der Waals surface area contributed by atoms with E-state index in [1.54, 1.807) is 26.0 Å². The number of carbonyl (C=O) groups is 1. The smallest absolute Gasteiger partial charge is 0.261 e. The van der Waals surface area contributed by atoms with E-state index < -0.39 is 25.8 Å². The van der Waals surface area contributed by atoms with Crippen molar-refractivity contribution < 1.29 is 21.6 Å². The summed E-state index contributed by atoms with van der Waals surface area (Å²) in [5.74, 6) is -0.676. The first-order valence-electron chi connectivity index (χ1n) is 9.75. The summed E-state index contributed by atoms with van der Waals surface area (Å²) in [6.07, 6.45) is 2.22. The van der Waals surface area contributed by atoms with Crippen LogP contribution in [0, 0.1) is 13.8 Å². The molecular formula is C22H21Cl2N3O5S2. The molecule has 0 bridgehead atoms. The van der Waals surface area contributed by atoms with Gasteiger partial charge in [0.15, 0.2) is 0 Å². The van der Waals surface area contributed by atoms with Crippen molar-refractivity contribution in [2.45, 2.75) is 18.7 Å². The first-order chi connectivity index (χ1) is 15.7. The van der Waals surface area contributed by atoms with Crippen molar-refractivity contribution >= 4 is 60.4 Å². The molecule has 0 atom stereocenters. The largest absolute Gasteiger partial charge is 0.287 e. The Kier molecular flexibility index (Phi) is 7.28. The van der Waals surface area contributed by atoms with Crippen LogP contribution in [0.2, 0.25) is 10.0 Å². The Balaban J connectivity index is 2.14. The lowest BCUT2D eigenvalue weighted by Crippen LogP contribution is -2.27. The Hall–Kier alpha value is -2.66. The lowest BCUT2D eigenvalue weighted by Gasteiger charge is -2.21. The third-order valence-electron chi connectivity index (χ3n) is 5.07. The summed E-state index contributed by atoms with van der Waals surface area (Å²) in [6, 6.07) is 10.2. The van der Waals surface area contributed by atoms with Gasteiger partial charge < -0.3 is 0 Å². The van der Waals surface area contributed by atoms with Gasteiger partial charge in [-0.2, -0.15) is 0 Å². The highest BCUT2D eigenvalue weighted by Crippen LogP contribution is 2.31. The van der Waals surface area contributed by atoms with Crippen molar-refractivity contribution in [3.63, 3.8) is 0 Å². The lowest BCUT2D eigenvalue weighted by atomic mass is 9.99. The zero-order valence-electron chi connectivity index (χ0n) is 18.6. The van der Waals surface area contributed by atoms with E-state index >= 15 is 0 Å². The summed E-state index contributed by atoms with van der Waals surface area (Å²) in [5.41, 5.74) is 0.840. The number of halogens is 2. The molecule has 0 radical (unpaired) electrons. The average Bonchev–Trinajstić information content (AvgIpc) is 2.73. The molecule has 1 N–H and O–H groups in total. The molecule has 0 aliphatic heterocycles. The van der Waals surface area contributed by atoms with Gasteiger partial charge in [0, 0.05) is 18.3 Å². The number of nitrogens with zero attached hydrogens (tertiary/aromatic N) is 2. The van der Waals surface area contributed by atoms with Crippen LogP contribution in [0.3, 0.4) is 0 Å². The maximum Gasteiger partial charge on any atom is 0.261 e. The van der Waals surface area contributed by atoms with E-state index in [2.05, 4.69) is 9.71 Å². The molecular weight excluding hydrogens is 521 g/mol. The molecule has 0 unspecified atom stereocenters. The van der Waals surface area contributed by atoms with Crippen molar-refractivity contribution in [2.75, 3.05) is 22.3 Å². The minimum absolute atomic E-state index is 0.0630. The maximum atomic E-state index is 13.6. The molecule has 180 valence electrons. The number of hydrogen-bond donors (Lipinski definition) is 1. The first kappa shape index (κ1) is 26.0. The molecule has 0 aliphatic rings. The van der Waals surface area contributed by atoms with E-state index in [1.807, 2.05) is 0 Å². The molecule has 3 rings (SSSR count). The summed E-state index contributed by atoms with van der Waals surface area (Å²) in [6.45, 7) is 3.30. The third-order valence-corrected chi connectivity index (χ3v) is 8.25. The van der Waals surface area contributed by atoms with Crippen LogP contribution in [0.4, 0.5) is 11.4 Å². The summed E-state index contributed by atoms with van der Waals surface area (Å²) in [5, 5.41) is 0.501. The van der Waals surface area contributed by atoms with Gasteiger partial charge in [-0.25, -0.2) is 21.8 Å². The zero-order valence-corrected chi connectivity index (χ0v) is 21.8. The van der Waals surface area contributed by atoms with Crippen molar-refractivity contribution in [2.24, 2.45) is 0 Å². The number of sulfonamides is 2. The van der Waals surface area contributed by atoms with Crippen molar-refractivity contribution in [1.29, 1.82) is 0 Å². The normalized spacial score (nSPS) is 11.8. The van der Waals surface area contributed by atoms with Gasteiger partial charge in [-0.15, -0.1) is 0 Å². The van der Waals surface area contributed by atoms with E-state index in [4.69, 9.17) is 23.2 Å². The van der Waals surface area contributed by atoms with E-state index in [1.165, 1.54) is 43.6 Å². The molecule has 0 amide bonds. The van der Waals surface area contributed by atoms with Crippen LogP contribution in [0.1, 0.15) is 27.2 Å². The van der Waals surface area contributed by atoms with Gasteiger partial charge in [0.1, 0.15) is 5.69 Å². The second-order valence-electron chi connectivity index (χ2n) is 7.59. The summed E-state index contributed by atoms with van der Waals surface area (Å²) < 4.78 is 53.7. The van der Waals surface area contributed by atoms with Gasteiger partial charge in [0.2, 0.25) is 15.8 Å². The number of carbonyl (C=O) groups excluding carboxylic acids is 1. The molecule has 3 aromatic rings. The number of nitrogens with one attached hydrogen (secondary N) is 1. The molecule has 12 heteroatoms. The number of ketones is 1. The monoisotopic (exact) mass is 541 g/mol. The Morgan fingerprint density at radius 1 is 1.00 bits per heavy atom. The zero-order chi connectivity index (χ0) is 25.4. The highest BCUT2D eigenvalue weighted by molar-refractivity contribution is 7.92. The fourth-order valence-corrected chi connectivity index (χ4v) is 5.12. The summed E-state index contributed by atoms with van der Waals surface area (Å²) >= 11 is 12.0. The fraction of sp³-hybridized carbons (Fsp3) is 0.182. The number of aryl methyl sites for hydroxylation is 2. The predicted molar refractivity (Wildman–Crippen MR) is 134 cm³/mol. The Bertz CT molecular complexity index is 1510. The molecule has 1 heterocycles. The van der Waals surface area contributed by atoms with E-state index in [9.17, 15) is 21.6 Å². The van der Waals surface area contributed by atoms with Crippen molar-refractivity contribution in [1.82, 2.24) is 4.98 Å². The highest BCUT2D eigenvalue weighted by Gasteiger charge is 2.27. The van der Waals surface area contributed by atoms with E-state index in [0.717, 1.165) is 10.6 Å². The van der Waals surface area contributed by atoms with Crippen LogP contribution >= 0.6 is 23.2 Å². The standard InChI is InChI=1S/C22H21Cl2N3O5S2/c1-13-6-5-7-19(27(3)33(4,29)30)20(13)22(28)21-18(11-15(23)12-25-21)26-34(31,32)16-8-9-17(24)14(2)10-16/h5-12,26H,1-4H3. The number of benzene rings is 2. The van der Waals surface area contributed by atoms with Crippen LogP contribution < -0.4 is 9.03 Å². The van der Waals surface area contributed by atoms with Gasteiger partial charge >= 0.3 is 0 Å². The van der Waals surface area contributed by atoms with Gasteiger partial charge in [0.05, 0.1) is 33.1 Å². The number of anilines is 2. The molecule has 2 aromatic carbocycles. The lowest BCUT2D eigenvalue weighted by molar-refractivity contribution is 0.103. The topological polar surface area (TPSA) is 114 Å². The van der Waals surface area contributed by atoms with E-state index in [-0.39, 0.29) is 32.6 Å². The number of hydrogen-bond acceptors (Lipinski definition) is 6. The van der Waals surface area contributed by atoms with Gasteiger partial charge in [-0.05, 0) is 55.3 Å². The predicted octanol–water partition coefficient (Wildman–Crippen LogP) is 4.43. The van der Waals surface area contributed by atoms with Crippen LogP contribution in [0.25, 0.3) is 0 Å². The van der Waals surface area contributed by atoms with Gasteiger partial charge in [0.25, 0.3) is 10.0 Å². The quantitative estimate of drug-likeness (QED) is 0.442. The fourth-order valence-electron chi connectivity index (χ4n) is 3.19. The molecule has 0 saturated carbocycles. The van der Waals surface area contributed by atoms with Gasteiger partial charge in [-0.1, -0.05) is 35.3 Å². The van der Waals surface area contributed by atoms with Crippen LogP contribution in [0.5, 0.6) is 0 Å². The SMILES string of the molecule is Cc1cc(S(=O)(=O)Nc2cc(Cl)cnc2C(=O)c2c(C)cccc2N(C)S(C)(=O)=O)ccc1Cl. The molecule has 0 saturated heterocycles. The molecule has 0 spiro atoms. The van der Waals surface area contributed by atoms with Crippen molar-refractivity contribution in [3.05, 3.63) is 81.1 Å². The van der Waals surface area contributed by atoms with Crippen molar-refractivity contribution in [3.8, 4) is 0 Å².